The molecule has 2 heterocycles. The van der Waals surface area contributed by atoms with Crippen LogP contribution in [0.5, 0.6) is 17.2 Å². The maximum Gasteiger partial charge on any atom is 0.175 e. The molecule has 9 nitrogen and oxygen atoms in total. The van der Waals surface area contributed by atoms with E-state index in [2.05, 4.69) is 13.8 Å². The Labute approximate surface area is 303 Å². The molecule has 4 aliphatic rings. The van der Waals surface area contributed by atoms with Crippen molar-refractivity contribution in [2.75, 3.05) is 19.8 Å². The van der Waals surface area contributed by atoms with E-state index in [1.54, 1.807) is 27.7 Å². The molecule has 2 aliphatic carbocycles. The average molecular weight is 707 g/mol. The van der Waals surface area contributed by atoms with Crippen LogP contribution in [0.25, 0.3) is 0 Å². The van der Waals surface area contributed by atoms with Crippen molar-refractivity contribution in [2.45, 2.75) is 128 Å². The van der Waals surface area contributed by atoms with Gasteiger partial charge in [-0.25, -0.2) is 0 Å². The molecule has 1 aromatic rings. The van der Waals surface area contributed by atoms with Crippen molar-refractivity contribution >= 4 is 23.1 Å². The van der Waals surface area contributed by atoms with Crippen molar-refractivity contribution in [2.24, 2.45) is 33.5 Å². The molecule has 280 valence electrons. The minimum Gasteiger partial charge on any atom is -0.493 e. The predicted molar refractivity (Wildman–Crippen MR) is 194 cm³/mol. The van der Waals surface area contributed by atoms with Gasteiger partial charge in [0.05, 0.1) is 28.3 Å². The first-order valence-corrected chi connectivity index (χ1v) is 18.7. The van der Waals surface area contributed by atoms with Crippen LogP contribution >= 0.6 is 0 Å². The van der Waals surface area contributed by atoms with Crippen LogP contribution in [0.3, 0.4) is 0 Å². The topological polar surface area (TPSA) is 114 Å². The zero-order chi connectivity index (χ0) is 38.2. The number of benzene rings is 1. The molecule has 0 bridgehead atoms. The summed E-state index contributed by atoms with van der Waals surface area (Å²) in [7, 11) is 0. The summed E-state index contributed by atoms with van der Waals surface area (Å²) in [5.74, 6) is -0.00512. The van der Waals surface area contributed by atoms with Crippen molar-refractivity contribution in [1.29, 1.82) is 0 Å². The number of Topliss-reactive ketones (excluding diaryl/α,β-unsaturated/α-hetero) is 4. The number of carbonyl (C=O) groups is 4. The molecular formula is C42H58O9. The standard InChI is InChI=1S/C42H58O9/c1-15-47-25(48-16-2)18-17-19-49-23-20-24-29(27(22(5)6)30-33(43)39(7,8)37(45)41(11,12)35(30)50-24)32-28(23)26(21(3)4)31-34(44)40(9,10)38(46)42(13,14)36(31)51-32/h20-22,25-27H,15-19H2,1-14H3/t26-,27+/m0/s1. The Morgan fingerprint density at radius 3 is 1.57 bits per heavy atom. The van der Waals surface area contributed by atoms with Gasteiger partial charge in [0.1, 0.15) is 28.8 Å². The zero-order valence-corrected chi connectivity index (χ0v) is 33.2. The fraction of sp³-hybridized carbons (Fsp3) is 0.667. The van der Waals surface area contributed by atoms with Crippen LogP contribution in [-0.4, -0.2) is 49.2 Å². The first-order valence-electron chi connectivity index (χ1n) is 18.7. The highest BCUT2D eigenvalue weighted by Crippen LogP contribution is 2.63. The number of rotatable bonds is 11. The van der Waals surface area contributed by atoms with Crippen LogP contribution in [0.2, 0.25) is 0 Å². The van der Waals surface area contributed by atoms with Gasteiger partial charge in [-0.15, -0.1) is 0 Å². The molecule has 2 aliphatic heterocycles. The monoisotopic (exact) mass is 706 g/mol. The quantitative estimate of drug-likeness (QED) is 0.127. The van der Waals surface area contributed by atoms with Gasteiger partial charge in [0.2, 0.25) is 0 Å². The first-order chi connectivity index (χ1) is 23.6. The molecule has 0 unspecified atom stereocenters. The normalized spacial score (nSPS) is 24.3. The highest BCUT2D eigenvalue weighted by atomic mass is 16.7. The predicted octanol–water partition coefficient (Wildman–Crippen LogP) is 8.43. The van der Waals surface area contributed by atoms with Gasteiger partial charge >= 0.3 is 0 Å². The maximum atomic E-state index is 14.4. The molecule has 0 N–H and O–H groups in total. The third-order valence-electron chi connectivity index (χ3n) is 11.3. The summed E-state index contributed by atoms with van der Waals surface area (Å²) in [6, 6.07) is 1.85. The summed E-state index contributed by atoms with van der Waals surface area (Å²) >= 11 is 0. The third-order valence-corrected chi connectivity index (χ3v) is 11.3. The van der Waals surface area contributed by atoms with E-state index in [0.29, 0.717) is 83.7 Å². The highest BCUT2D eigenvalue weighted by molar-refractivity contribution is 6.21. The molecule has 0 saturated carbocycles. The lowest BCUT2D eigenvalue weighted by atomic mass is 9.58. The van der Waals surface area contributed by atoms with E-state index in [0.717, 1.165) is 0 Å². The summed E-state index contributed by atoms with van der Waals surface area (Å²) in [5, 5.41) is 0. The smallest absolute Gasteiger partial charge is 0.175 e. The Morgan fingerprint density at radius 2 is 1.12 bits per heavy atom. The van der Waals surface area contributed by atoms with E-state index < -0.39 is 33.5 Å². The molecule has 0 fully saturated rings. The van der Waals surface area contributed by atoms with E-state index in [4.69, 9.17) is 23.7 Å². The van der Waals surface area contributed by atoms with Crippen LogP contribution < -0.4 is 14.2 Å². The second-order valence-electron chi connectivity index (χ2n) is 17.3. The van der Waals surface area contributed by atoms with Gasteiger partial charge in [0, 0.05) is 59.8 Å². The molecule has 9 heteroatoms. The Balaban J connectivity index is 1.77. The number of hydrogen-bond acceptors (Lipinski definition) is 9. The summed E-state index contributed by atoms with van der Waals surface area (Å²) in [5.41, 5.74) is -2.35. The molecule has 2 atom stereocenters. The van der Waals surface area contributed by atoms with Gasteiger partial charge in [-0.05, 0) is 87.5 Å². The number of hydrogen-bond donors (Lipinski definition) is 0. The summed E-state index contributed by atoms with van der Waals surface area (Å²) in [6.07, 6.45) is 0.893. The SMILES string of the molecule is CCOC(CCCOc1cc2c(c3c1[C@H](C(C)C)C1=C(O3)C(C)(C)C(=O)C(C)(C)C1=O)[C@@H](C(C)C)C1=C(O2)C(C)(C)C(=O)C(C)(C)C1=O)OCC. The molecule has 0 amide bonds. The second-order valence-corrected chi connectivity index (χ2v) is 17.3. The highest BCUT2D eigenvalue weighted by Gasteiger charge is 2.61. The largest absolute Gasteiger partial charge is 0.493 e. The lowest BCUT2D eigenvalue weighted by molar-refractivity contribution is -0.146. The van der Waals surface area contributed by atoms with Gasteiger partial charge in [-0.3, -0.25) is 19.2 Å². The Hall–Kier alpha value is -3.30. The third kappa shape index (κ3) is 5.91. The number of ether oxygens (including phenoxy) is 5. The minimum atomic E-state index is -1.26. The Kier molecular flexibility index (Phi) is 10.1. The van der Waals surface area contributed by atoms with E-state index >= 15 is 0 Å². The number of carbonyl (C=O) groups excluding carboxylic acids is 4. The number of ketones is 4. The van der Waals surface area contributed by atoms with Crippen LogP contribution in [0.15, 0.2) is 28.7 Å². The molecule has 0 saturated heterocycles. The fourth-order valence-electron chi connectivity index (χ4n) is 8.86. The molecule has 0 radical (unpaired) electrons. The lowest BCUT2D eigenvalue weighted by Gasteiger charge is -2.48. The molecule has 1 aromatic carbocycles. The number of fused-ring (bicyclic) bond motifs is 3. The lowest BCUT2D eigenvalue weighted by Crippen LogP contribution is -2.53. The van der Waals surface area contributed by atoms with Crippen LogP contribution in [0, 0.1) is 33.5 Å². The van der Waals surface area contributed by atoms with Gasteiger partial charge in [-0.1, -0.05) is 27.7 Å². The van der Waals surface area contributed by atoms with Gasteiger partial charge in [0.25, 0.3) is 0 Å². The van der Waals surface area contributed by atoms with Crippen molar-refractivity contribution in [1.82, 2.24) is 0 Å². The Morgan fingerprint density at radius 1 is 0.667 bits per heavy atom. The summed E-state index contributed by atoms with van der Waals surface area (Å²) in [4.78, 5) is 56.6. The molecular weight excluding hydrogens is 648 g/mol. The van der Waals surface area contributed by atoms with Crippen LogP contribution in [-0.2, 0) is 28.7 Å². The summed E-state index contributed by atoms with van der Waals surface area (Å²) in [6.45, 7) is 27.5. The number of allylic oxidation sites excluding steroid dienone is 4. The van der Waals surface area contributed by atoms with Crippen molar-refractivity contribution in [3.8, 4) is 17.2 Å². The van der Waals surface area contributed by atoms with Gasteiger partial charge in [-0.2, -0.15) is 0 Å². The summed E-state index contributed by atoms with van der Waals surface area (Å²) < 4.78 is 31.8. The van der Waals surface area contributed by atoms with Crippen molar-refractivity contribution in [3.63, 3.8) is 0 Å². The van der Waals surface area contributed by atoms with Crippen LogP contribution in [0.1, 0.15) is 133 Å². The van der Waals surface area contributed by atoms with E-state index in [-0.39, 0.29) is 41.3 Å². The van der Waals surface area contributed by atoms with Crippen molar-refractivity contribution in [3.05, 3.63) is 39.9 Å². The molecule has 51 heavy (non-hydrogen) atoms. The van der Waals surface area contributed by atoms with Crippen LogP contribution in [0.4, 0.5) is 0 Å². The fourth-order valence-corrected chi connectivity index (χ4v) is 8.86. The second kappa shape index (κ2) is 13.3. The first kappa shape index (κ1) is 38.9. The molecule has 5 rings (SSSR count). The van der Waals surface area contributed by atoms with Crippen molar-refractivity contribution < 1.29 is 42.9 Å². The minimum absolute atomic E-state index is 0.0920. The molecule has 0 spiro atoms. The molecule has 0 aromatic heterocycles. The average Bonchev–Trinajstić information content (AvgIpc) is 3.05. The van der Waals surface area contributed by atoms with E-state index in [1.807, 2.05) is 61.5 Å². The van der Waals surface area contributed by atoms with E-state index in [9.17, 15) is 19.2 Å². The maximum absolute atomic E-state index is 14.4. The van der Waals surface area contributed by atoms with Gasteiger partial charge in [0.15, 0.2) is 29.4 Å². The zero-order valence-electron chi connectivity index (χ0n) is 33.2. The Bertz CT molecular complexity index is 1710. The van der Waals surface area contributed by atoms with Gasteiger partial charge < -0.3 is 23.7 Å². The van der Waals surface area contributed by atoms with E-state index in [1.165, 1.54) is 0 Å².